The molecule has 0 aromatic carbocycles. The van der Waals surface area contributed by atoms with Crippen LogP contribution in [-0.4, -0.2) is 28.2 Å². The normalized spacial score (nSPS) is 16.8. The zero-order chi connectivity index (χ0) is 12.3. The maximum absolute atomic E-state index is 11.9. The number of aliphatic hydroxyl groups is 1. The lowest BCUT2D eigenvalue weighted by Gasteiger charge is -2.12. The lowest BCUT2D eigenvalue weighted by atomic mass is 10.2. The molecule has 1 atom stereocenters. The summed E-state index contributed by atoms with van der Waals surface area (Å²) in [4.78, 5) is 11.9. The van der Waals surface area contributed by atoms with Gasteiger partial charge in [-0.25, -0.2) is 0 Å². The minimum atomic E-state index is -0.437. The van der Waals surface area contributed by atoms with Gasteiger partial charge in [0.25, 0.3) is 5.91 Å². The molecular formula is C13H20N2O2. The van der Waals surface area contributed by atoms with Crippen LogP contribution in [-0.2, 0) is 0 Å². The third-order valence-corrected chi connectivity index (χ3v) is 3.07. The molecule has 1 saturated carbocycles. The van der Waals surface area contributed by atoms with Crippen LogP contribution in [0.1, 0.15) is 49.1 Å². The average Bonchev–Trinajstić information content (AvgIpc) is 3.04. The molecule has 1 aromatic rings. The summed E-state index contributed by atoms with van der Waals surface area (Å²) in [6, 6.07) is 4.24. The largest absolute Gasteiger partial charge is 0.391 e. The van der Waals surface area contributed by atoms with Crippen molar-refractivity contribution in [2.24, 2.45) is 0 Å². The van der Waals surface area contributed by atoms with E-state index in [9.17, 15) is 9.90 Å². The zero-order valence-corrected chi connectivity index (χ0v) is 10.2. The summed E-state index contributed by atoms with van der Waals surface area (Å²) in [7, 11) is 0. The zero-order valence-electron chi connectivity index (χ0n) is 10.2. The first kappa shape index (κ1) is 12.2. The average molecular weight is 236 g/mol. The van der Waals surface area contributed by atoms with E-state index in [1.165, 1.54) is 0 Å². The summed E-state index contributed by atoms with van der Waals surface area (Å²) in [5, 5.41) is 12.3. The molecule has 0 aliphatic heterocycles. The number of rotatable bonds is 6. The van der Waals surface area contributed by atoms with E-state index in [0.717, 1.165) is 25.7 Å². The van der Waals surface area contributed by atoms with Crippen LogP contribution in [0.2, 0.25) is 0 Å². The highest BCUT2D eigenvalue weighted by Crippen LogP contribution is 2.35. The van der Waals surface area contributed by atoms with Crippen LogP contribution in [0.5, 0.6) is 0 Å². The monoisotopic (exact) mass is 236 g/mol. The number of hydrogen-bond donors (Lipinski definition) is 2. The second-order valence-corrected chi connectivity index (χ2v) is 4.68. The number of amides is 1. The van der Waals surface area contributed by atoms with E-state index < -0.39 is 6.10 Å². The predicted octanol–water partition coefficient (Wildman–Crippen LogP) is 1.71. The van der Waals surface area contributed by atoms with Gasteiger partial charge < -0.3 is 15.0 Å². The van der Waals surface area contributed by atoms with Gasteiger partial charge in [-0.15, -0.1) is 0 Å². The van der Waals surface area contributed by atoms with Gasteiger partial charge in [-0.2, -0.15) is 0 Å². The van der Waals surface area contributed by atoms with Crippen LogP contribution in [0.15, 0.2) is 18.3 Å². The van der Waals surface area contributed by atoms with Crippen molar-refractivity contribution in [3.05, 3.63) is 24.0 Å². The van der Waals surface area contributed by atoms with Gasteiger partial charge in [-0.1, -0.05) is 13.3 Å². The molecule has 0 saturated heterocycles. The second-order valence-electron chi connectivity index (χ2n) is 4.68. The van der Waals surface area contributed by atoms with E-state index in [4.69, 9.17) is 0 Å². The molecule has 94 valence electrons. The summed E-state index contributed by atoms with van der Waals surface area (Å²) in [6.07, 6.45) is 5.49. The van der Waals surface area contributed by atoms with Crippen molar-refractivity contribution in [2.45, 2.75) is 44.8 Å². The Morgan fingerprint density at radius 2 is 2.41 bits per heavy atom. The third kappa shape index (κ3) is 3.09. The second kappa shape index (κ2) is 5.36. The molecule has 0 radical (unpaired) electrons. The maximum atomic E-state index is 11.9. The van der Waals surface area contributed by atoms with Gasteiger partial charge >= 0.3 is 0 Å². The van der Waals surface area contributed by atoms with Crippen molar-refractivity contribution >= 4 is 5.91 Å². The van der Waals surface area contributed by atoms with Gasteiger partial charge in [-0.3, -0.25) is 4.79 Å². The SMILES string of the molecule is CCCC(O)CNC(=O)c1cccn1C1CC1. The van der Waals surface area contributed by atoms with E-state index in [1.807, 2.05) is 29.8 Å². The van der Waals surface area contributed by atoms with E-state index in [-0.39, 0.29) is 5.91 Å². The summed E-state index contributed by atoms with van der Waals surface area (Å²) in [5.41, 5.74) is 0.705. The first-order chi connectivity index (χ1) is 8.22. The lowest BCUT2D eigenvalue weighted by molar-refractivity contribution is 0.0901. The fourth-order valence-corrected chi connectivity index (χ4v) is 1.99. The first-order valence-electron chi connectivity index (χ1n) is 6.35. The van der Waals surface area contributed by atoms with E-state index in [0.29, 0.717) is 18.3 Å². The summed E-state index contributed by atoms with van der Waals surface area (Å²) < 4.78 is 2.03. The molecule has 17 heavy (non-hydrogen) atoms. The molecule has 4 heteroatoms. The van der Waals surface area contributed by atoms with Gasteiger partial charge in [-0.05, 0) is 31.4 Å². The van der Waals surface area contributed by atoms with Gasteiger partial charge in [0, 0.05) is 18.8 Å². The molecule has 1 aliphatic carbocycles. The van der Waals surface area contributed by atoms with Crippen LogP contribution in [0.25, 0.3) is 0 Å². The minimum absolute atomic E-state index is 0.0861. The highest BCUT2D eigenvalue weighted by Gasteiger charge is 2.26. The number of nitrogens with one attached hydrogen (secondary N) is 1. The molecule has 1 unspecified atom stereocenters. The molecular weight excluding hydrogens is 216 g/mol. The molecule has 1 aliphatic rings. The Kier molecular flexibility index (Phi) is 3.84. The van der Waals surface area contributed by atoms with Gasteiger partial charge in [0.15, 0.2) is 0 Å². The number of carbonyl (C=O) groups excluding carboxylic acids is 1. The molecule has 4 nitrogen and oxygen atoms in total. The van der Waals surface area contributed by atoms with Crippen LogP contribution in [0.3, 0.4) is 0 Å². The van der Waals surface area contributed by atoms with Gasteiger partial charge in [0.2, 0.25) is 0 Å². The van der Waals surface area contributed by atoms with E-state index in [1.54, 1.807) is 0 Å². The molecule has 1 fully saturated rings. The van der Waals surface area contributed by atoms with E-state index >= 15 is 0 Å². The van der Waals surface area contributed by atoms with Crippen molar-refractivity contribution in [2.75, 3.05) is 6.54 Å². The molecule has 0 bridgehead atoms. The van der Waals surface area contributed by atoms with Gasteiger partial charge in [0.1, 0.15) is 5.69 Å². The Balaban J connectivity index is 1.88. The Hall–Kier alpha value is -1.29. The highest BCUT2D eigenvalue weighted by atomic mass is 16.3. The fraction of sp³-hybridized carbons (Fsp3) is 0.615. The first-order valence-corrected chi connectivity index (χ1v) is 6.35. The van der Waals surface area contributed by atoms with Gasteiger partial charge in [0.05, 0.1) is 6.10 Å². The number of carbonyl (C=O) groups is 1. The Morgan fingerprint density at radius 1 is 1.65 bits per heavy atom. The van der Waals surface area contributed by atoms with E-state index in [2.05, 4.69) is 5.32 Å². The highest BCUT2D eigenvalue weighted by molar-refractivity contribution is 5.92. The summed E-state index contributed by atoms with van der Waals surface area (Å²) in [6.45, 7) is 2.35. The molecule has 1 aromatic heterocycles. The standard InChI is InChI=1S/C13H20N2O2/c1-2-4-11(16)9-14-13(17)12-5-3-8-15(12)10-6-7-10/h3,5,8,10-11,16H,2,4,6-7,9H2,1H3,(H,14,17). The quantitative estimate of drug-likeness (QED) is 0.790. The van der Waals surface area contributed by atoms with Crippen LogP contribution in [0.4, 0.5) is 0 Å². The topological polar surface area (TPSA) is 54.3 Å². The number of nitrogens with zero attached hydrogens (tertiary/aromatic N) is 1. The number of hydrogen-bond acceptors (Lipinski definition) is 2. The molecule has 2 rings (SSSR count). The van der Waals surface area contributed by atoms with Crippen LogP contribution < -0.4 is 5.32 Å². The van der Waals surface area contributed by atoms with Crippen molar-refractivity contribution in [1.29, 1.82) is 0 Å². The van der Waals surface area contributed by atoms with Crippen LogP contribution >= 0.6 is 0 Å². The molecule has 1 amide bonds. The summed E-state index contributed by atoms with van der Waals surface area (Å²) in [5.74, 6) is -0.0861. The lowest BCUT2D eigenvalue weighted by Crippen LogP contribution is -2.33. The Labute approximate surface area is 102 Å². The van der Waals surface area contributed by atoms with Crippen molar-refractivity contribution in [3.63, 3.8) is 0 Å². The maximum Gasteiger partial charge on any atom is 0.268 e. The van der Waals surface area contributed by atoms with Crippen molar-refractivity contribution in [1.82, 2.24) is 9.88 Å². The Bertz CT molecular complexity index is 383. The number of aromatic nitrogens is 1. The minimum Gasteiger partial charge on any atom is -0.391 e. The third-order valence-electron chi connectivity index (χ3n) is 3.07. The smallest absolute Gasteiger partial charge is 0.268 e. The number of aliphatic hydroxyl groups excluding tert-OH is 1. The molecule has 0 spiro atoms. The van der Waals surface area contributed by atoms with Crippen molar-refractivity contribution < 1.29 is 9.90 Å². The predicted molar refractivity (Wildman–Crippen MR) is 66.0 cm³/mol. The molecule has 1 heterocycles. The summed E-state index contributed by atoms with van der Waals surface area (Å²) >= 11 is 0. The Morgan fingerprint density at radius 3 is 3.06 bits per heavy atom. The molecule has 2 N–H and O–H groups in total. The fourth-order valence-electron chi connectivity index (χ4n) is 1.99. The van der Waals surface area contributed by atoms with Crippen molar-refractivity contribution in [3.8, 4) is 0 Å². The van der Waals surface area contributed by atoms with Crippen LogP contribution in [0, 0.1) is 0 Å².